The van der Waals surface area contributed by atoms with Gasteiger partial charge in [-0.25, -0.2) is 15.0 Å². The molecule has 0 amide bonds. The van der Waals surface area contributed by atoms with E-state index in [9.17, 15) is 14.5 Å². The number of carbonyl (C=O) groups is 1. The monoisotopic (exact) mass is 370 g/mol. The number of aliphatic hydroxyl groups excluding tert-OH is 2. The number of nitrogens with two attached hydrogens (primary N) is 1. The number of ether oxygens (including phenoxy) is 1. The van der Waals surface area contributed by atoms with Crippen molar-refractivity contribution in [1.29, 1.82) is 0 Å². The number of fused-ring (bicyclic) bond motifs is 1. The number of imidazole rings is 1. The van der Waals surface area contributed by atoms with E-state index in [0.717, 1.165) is 17.2 Å². The molecular weight excluding hydrogens is 356 g/mol. The first kappa shape index (κ1) is 21.1. The van der Waals surface area contributed by atoms with Crippen molar-refractivity contribution in [2.45, 2.75) is 12.2 Å². The molecule has 2 aromatic heterocycles. The number of carbonyl (C=O) groups excluding carboxylic acids is 1. The van der Waals surface area contributed by atoms with Gasteiger partial charge in [0.25, 0.3) is 5.91 Å². The maximum Gasteiger partial charge on any atom is 0.350 e. The van der Waals surface area contributed by atoms with Crippen molar-refractivity contribution in [3.8, 4) is 0 Å². The molecule has 2 atom stereocenters. The van der Waals surface area contributed by atoms with E-state index >= 15 is 0 Å². The smallest absolute Gasteiger partial charge is 0.350 e. The van der Waals surface area contributed by atoms with Gasteiger partial charge in [-0.05, 0) is 0 Å². The molecule has 0 aliphatic carbocycles. The molecule has 0 bridgehead atoms. The third kappa shape index (κ3) is 4.79. The average molecular weight is 370 g/mol. The number of anilines is 1. The number of aliphatic hydroxyl groups is 2. The predicted molar refractivity (Wildman–Crippen MR) is 81.0 cm³/mol. The summed E-state index contributed by atoms with van der Waals surface area (Å²) in [4.78, 5) is 41.1. The van der Waals surface area contributed by atoms with Crippen molar-refractivity contribution in [2.75, 3.05) is 18.7 Å². The molecule has 24 heavy (non-hydrogen) atoms. The maximum absolute atomic E-state index is 12.2. The fourth-order valence-corrected chi connectivity index (χ4v) is 2.14. The van der Waals surface area contributed by atoms with Crippen molar-refractivity contribution in [1.82, 2.24) is 19.5 Å². The Morgan fingerprint density at radius 1 is 1.38 bits per heavy atom. The van der Waals surface area contributed by atoms with Crippen molar-refractivity contribution in [3.05, 3.63) is 12.7 Å². The summed E-state index contributed by atoms with van der Waals surface area (Å²) in [6.07, 6.45) is -2.34. The van der Waals surface area contributed by atoms with E-state index in [4.69, 9.17) is 25.4 Å². The van der Waals surface area contributed by atoms with Crippen LogP contribution in [0.15, 0.2) is 12.7 Å². The van der Waals surface area contributed by atoms with E-state index in [-0.39, 0.29) is 46.5 Å². The summed E-state index contributed by atoms with van der Waals surface area (Å²) in [6, 6.07) is 0. The SMILES string of the molecule is Nc1ncnc2c1ncn2C(=O)[C@H](O)[C@H](CO)OCP(=O)(O)O.[Na]. The molecule has 6 N–H and O–H groups in total. The van der Waals surface area contributed by atoms with Gasteiger partial charge in [-0.3, -0.25) is 13.9 Å². The largest absolute Gasteiger partial charge is 0.394 e. The zero-order valence-corrected chi connectivity index (χ0v) is 15.4. The molecule has 2 heterocycles. The molecule has 0 unspecified atom stereocenters. The zero-order chi connectivity index (χ0) is 17.2. The van der Waals surface area contributed by atoms with Gasteiger partial charge in [0.15, 0.2) is 23.1 Å². The van der Waals surface area contributed by atoms with Gasteiger partial charge < -0.3 is 30.5 Å². The van der Waals surface area contributed by atoms with Crippen LogP contribution in [0, 0.1) is 0 Å². The maximum atomic E-state index is 12.2. The van der Waals surface area contributed by atoms with Crippen LogP contribution >= 0.6 is 7.60 Å². The standard InChI is InChI=1S/C10H14N5O7P.Na/c11-8-6-9(13-2-12-8)15(3-14-6)10(18)7(17)5(1-16)22-4-23(19,20)21;/h2-3,5,7,16-17H,1,4H2,(H2,11,12,13)(H2,19,20,21);/t5-,7+;/m0./s1. The minimum Gasteiger partial charge on any atom is -0.394 e. The van der Waals surface area contributed by atoms with Gasteiger partial charge in [0, 0.05) is 29.6 Å². The molecule has 2 aromatic rings. The summed E-state index contributed by atoms with van der Waals surface area (Å²) in [5.41, 5.74) is 5.75. The number of nitrogen functional groups attached to an aromatic ring is 1. The third-order valence-electron chi connectivity index (χ3n) is 2.84. The molecule has 12 nitrogen and oxygen atoms in total. The van der Waals surface area contributed by atoms with E-state index in [0.29, 0.717) is 0 Å². The van der Waals surface area contributed by atoms with Gasteiger partial charge in [0.05, 0.1) is 6.61 Å². The number of aromatic nitrogens is 4. The van der Waals surface area contributed by atoms with Crippen LogP contribution in [0.25, 0.3) is 11.2 Å². The van der Waals surface area contributed by atoms with Gasteiger partial charge in [-0.2, -0.15) is 0 Å². The molecule has 0 saturated carbocycles. The van der Waals surface area contributed by atoms with Crippen LogP contribution in [0.3, 0.4) is 0 Å². The van der Waals surface area contributed by atoms with E-state index in [2.05, 4.69) is 15.0 Å². The van der Waals surface area contributed by atoms with Gasteiger partial charge in [-0.15, -0.1) is 0 Å². The molecule has 14 heteroatoms. The van der Waals surface area contributed by atoms with E-state index in [1.54, 1.807) is 0 Å². The van der Waals surface area contributed by atoms with Crippen LogP contribution < -0.4 is 5.73 Å². The minimum atomic E-state index is -4.52. The fraction of sp³-hybridized carbons (Fsp3) is 0.400. The first-order chi connectivity index (χ1) is 10.7. The molecular formula is C10H14N5NaO7P. The Bertz CT molecular complexity index is 765. The van der Waals surface area contributed by atoms with Crippen molar-refractivity contribution >= 4 is 60.0 Å². The van der Waals surface area contributed by atoms with E-state index in [1.165, 1.54) is 0 Å². The Hall–Kier alpha value is -0.950. The molecule has 1 radical (unpaired) electrons. The summed E-state index contributed by atoms with van der Waals surface area (Å²) >= 11 is 0. The Labute approximate surface area is 157 Å². The Morgan fingerprint density at radius 2 is 2.04 bits per heavy atom. The minimum absolute atomic E-state index is 0. The topological polar surface area (TPSA) is 194 Å². The van der Waals surface area contributed by atoms with Crippen LogP contribution in [0.5, 0.6) is 0 Å². The molecule has 0 spiro atoms. The number of rotatable bonds is 6. The normalized spacial score (nSPS) is 14.2. The number of nitrogens with zero attached hydrogens (tertiary/aromatic N) is 4. The number of hydrogen-bond donors (Lipinski definition) is 5. The fourth-order valence-electron chi connectivity index (χ4n) is 1.75. The van der Waals surface area contributed by atoms with Crippen LogP contribution in [0.4, 0.5) is 5.82 Å². The van der Waals surface area contributed by atoms with Gasteiger partial charge in [0.2, 0.25) is 0 Å². The van der Waals surface area contributed by atoms with Gasteiger partial charge in [0.1, 0.15) is 25.1 Å². The summed E-state index contributed by atoms with van der Waals surface area (Å²) in [7, 11) is -4.52. The van der Waals surface area contributed by atoms with Crippen molar-refractivity contribution < 1.29 is 34.1 Å². The molecule has 127 valence electrons. The summed E-state index contributed by atoms with van der Waals surface area (Å²) in [6.45, 7) is -0.837. The molecule has 0 aliphatic heterocycles. The Balaban J connectivity index is 0.00000288. The molecule has 0 aliphatic rings. The Kier molecular flexibility index (Phi) is 7.41. The van der Waals surface area contributed by atoms with E-state index in [1.807, 2.05) is 0 Å². The predicted octanol–water partition coefficient (Wildman–Crippen LogP) is -2.46. The second-order valence-electron chi connectivity index (χ2n) is 4.51. The summed E-state index contributed by atoms with van der Waals surface area (Å²) < 4.78 is 16.3. The third-order valence-corrected chi connectivity index (χ3v) is 3.33. The second-order valence-corrected chi connectivity index (χ2v) is 6.10. The molecule has 0 fully saturated rings. The van der Waals surface area contributed by atoms with Crippen molar-refractivity contribution in [2.24, 2.45) is 0 Å². The quantitative estimate of drug-likeness (QED) is 0.267. The zero-order valence-electron chi connectivity index (χ0n) is 12.6. The van der Waals surface area contributed by atoms with Crippen LogP contribution in [0.1, 0.15) is 4.79 Å². The first-order valence-corrected chi connectivity index (χ1v) is 7.97. The first-order valence-electron chi connectivity index (χ1n) is 6.17. The number of hydrogen-bond acceptors (Lipinski definition) is 9. The Morgan fingerprint density at radius 3 is 2.62 bits per heavy atom. The van der Waals surface area contributed by atoms with Gasteiger partial charge >= 0.3 is 7.60 Å². The van der Waals surface area contributed by atoms with Gasteiger partial charge in [-0.1, -0.05) is 0 Å². The second kappa shape index (κ2) is 8.43. The molecule has 0 saturated heterocycles. The average Bonchev–Trinajstić information content (AvgIpc) is 2.91. The molecule has 2 rings (SSSR count). The van der Waals surface area contributed by atoms with Crippen LogP contribution in [-0.2, 0) is 9.30 Å². The molecule has 0 aromatic carbocycles. The van der Waals surface area contributed by atoms with Crippen LogP contribution in [-0.4, -0.2) is 100 Å². The summed E-state index contributed by atoms with van der Waals surface area (Å²) in [5, 5.41) is 19.1. The van der Waals surface area contributed by atoms with E-state index < -0.39 is 38.7 Å². The van der Waals surface area contributed by atoms with Crippen LogP contribution in [0.2, 0.25) is 0 Å². The summed E-state index contributed by atoms with van der Waals surface area (Å²) in [5.74, 6) is -0.928. The van der Waals surface area contributed by atoms with Crippen molar-refractivity contribution in [3.63, 3.8) is 0 Å².